The van der Waals surface area contributed by atoms with Crippen LogP contribution >= 0.6 is 11.3 Å². The van der Waals surface area contributed by atoms with E-state index in [0.29, 0.717) is 17.8 Å². The van der Waals surface area contributed by atoms with Crippen LogP contribution in [0.2, 0.25) is 0 Å². The van der Waals surface area contributed by atoms with Crippen molar-refractivity contribution in [2.45, 2.75) is 6.54 Å². The summed E-state index contributed by atoms with van der Waals surface area (Å²) in [6, 6.07) is 7.43. The van der Waals surface area contributed by atoms with Crippen molar-refractivity contribution >= 4 is 17.2 Å². The van der Waals surface area contributed by atoms with Gasteiger partial charge in [0.25, 0.3) is 5.91 Å². The van der Waals surface area contributed by atoms with Gasteiger partial charge in [0, 0.05) is 11.1 Å². The van der Waals surface area contributed by atoms with Crippen molar-refractivity contribution in [1.82, 2.24) is 10.3 Å². The highest BCUT2D eigenvalue weighted by atomic mass is 32.1. The lowest BCUT2D eigenvalue weighted by Gasteiger charge is -2.04. The number of nitrogens with zero attached hydrogens (tertiary/aromatic N) is 1. The van der Waals surface area contributed by atoms with Gasteiger partial charge in [0.2, 0.25) is 0 Å². The predicted octanol–water partition coefficient (Wildman–Crippen LogP) is 1.38. The van der Waals surface area contributed by atoms with Gasteiger partial charge in [-0.25, -0.2) is 4.98 Å². The number of hydrogen-bond donors (Lipinski definition) is 2. The molecule has 2 aromatic rings. The van der Waals surface area contributed by atoms with Crippen LogP contribution in [0.4, 0.5) is 0 Å². The number of carbonyl (C=O) groups excluding carboxylic acids is 1. The Morgan fingerprint density at radius 3 is 3.05 bits per heavy atom. The molecular formula is C14H13N3OS. The van der Waals surface area contributed by atoms with E-state index in [2.05, 4.69) is 22.1 Å². The zero-order chi connectivity index (χ0) is 13.5. The van der Waals surface area contributed by atoms with Crippen LogP contribution in [0.15, 0.2) is 35.8 Å². The van der Waals surface area contributed by atoms with Crippen LogP contribution in [-0.4, -0.2) is 17.4 Å². The van der Waals surface area contributed by atoms with Gasteiger partial charge >= 0.3 is 0 Å². The number of thiophene rings is 1. The second kappa shape index (κ2) is 6.69. The molecule has 0 aliphatic heterocycles. The Morgan fingerprint density at radius 1 is 1.42 bits per heavy atom. The van der Waals surface area contributed by atoms with Crippen LogP contribution in [0, 0.1) is 11.8 Å². The van der Waals surface area contributed by atoms with E-state index >= 15 is 0 Å². The molecule has 0 fully saturated rings. The SMILES string of the molecule is NCC#Cc1cccnc1C(=O)NCc1cccs1. The van der Waals surface area contributed by atoms with Crippen molar-refractivity contribution in [1.29, 1.82) is 0 Å². The van der Waals surface area contributed by atoms with Gasteiger partial charge in [-0.2, -0.15) is 0 Å². The number of aromatic nitrogens is 1. The molecule has 0 atom stereocenters. The molecule has 2 heterocycles. The first-order chi connectivity index (χ1) is 9.31. The fourth-order valence-corrected chi connectivity index (χ4v) is 2.14. The third-order valence-electron chi connectivity index (χ3n) is 2.35. The standard InChI is InChI=1S/C14H13N3OS/c15-7-1-4-11-5-2-8-16-13(11)14(18)17-10-12-6-3-9-19-12/h2-3,5-6,8-9H,7,10,15H2,(H,17,18). The maximum atomic E-state index is 12.1. The Morgan fingerprint density at radius 2 is 2.32 bits per heavy atom. The van der Waals surface area contributed by atoms with Crippen molar-refractivity contribution in [2.24, 2.45) is 5.73 Å². The molecule has 1 amide bonds. The molecule has 19 heavy (non-hydrogen) atoms. The molecule has 2 rings (SSSR count). The number of carbonyl (C=O) groups is 1. The first kappa shape index (κ1) is 13.3. The van der Waals surface area contributed by atoms with E-state index in [9.17, 15) is 4.79 Å². The summed E-state index contributed by atoms with van der Waals surface area (Å²) in [5, 5.41) is 4.80. The molecule has 0 bridgehead atoms. The summed E-state index contributed by atoms with van der Waals surface area (Å²) >= 11 is 1.60. The Bertz CT molecular complexity index is 611. The molecule has 0 spiro atoms. The zero-order valence-corrected chi connectivity index (χ0v) is 11.0. The van der Waals surface area contributed by atoms with E-state index < -0.39 is 0 Å². The Balaban J connectivity index is 2.10. The van der Waals surface area contributed by atoms with Gasteiger partial charge in [-0.15, -0.1) is 11.3 Å². The molecule has 0 saturated carbocycles. The summed E-state index contributed by atoms with van der Waals surface area (Å²) in [4.78, 5) is 17.2. The van der Waals surface area contributed by atoms with Crippen molar-refractivity contribution in [3.8, 4) is 11.8 Å². The highest BCUT2D eigenvalue weighted by Crippen LogP contribution is 2.09. The Kier molecular flexibility index (Phi) is 4.67. The lowest BCUT2D eigenvalue weighted by atomic mass is 10.2. The lowest BCUT2D eigenvalue weighted by molar-refractivity contribution is 0.0946. The summed E-state index contributed by atoms with van der Waals surface area (Å²) in [6.45, 7) is 0.752. The Hall–Kier alpha value is -2.16. The quantitative estimate of drug-likeness (QED) is 0.829. The van der Waals surface area contributed by atoms with Crippen LogP contribution in [0.25, 0.3) is 0 Å². The molecule has 4 nitrogen and oxygen atoms in total. The van der Waals surface area contributed by atoms with Crippen molar-refractivity contribution in [3.05, 3.63) is 52.0 Å². The minimum atomic E-state index is -0.227. The first-order valence-corrected chi connectivity index (χ1v) is 6.64. The van der Waals surface area contributed by atoms with Crippen molar-refractivity contribution < 1.29 is 4.79 Å². The molecule has 96 valence electrons. The maximum Gasteiger partial charge on any atom is 0.271 e. The maximum absolute atomic E-state index is 12.1. The average Bonchev–Trinajstić information content (AvgIpc) is 2.96. The van der Waals surface area contributed by atoms with E-state index in [1.165, 1.54) is 0 Å². The highest BCUT2D eigenvalue weighted by Gasteiger charge is 2.11. The predicted molar refractivity (Wildman–Crippen MR) is 75.7 cm³/mol. The molecule has 0 aliphatic rings. The van der Waals surface area contributed by atoms with Gasteiger partial charge < -0.3 is 11.1 Å². The fraction of sp³-hybridized carbons (Fsp3) is 0.143. The highest BCUT2D eigenvalue weighted by molar-refractivity contribution is 7.09. The summed E-state index contributed by atoms with van der Waals surface area (Å²) < 4.78 is 0. The molecule has 0 aliphatic carbocycles. The largest absolute Gasteiger partial charge is 0.346 e. The Labute approximate surface area is 115 Å². The zero-order valence-electron chi connectivity index (χ0n) is 10.2. The van der Waals surface area contributed by atoms with Crippen LogP contribution in [0.3, 0.4) is 0 Å². The average molecular weight is 271 g/mol. The number of rotatable bonds is 3. The second-order valence-electron chi connectivity index (χ2n) is 3.67. The fourth-order valence-electron chi connectivity index (χ4n) is 1.50. The van der Waals surface area contributed by atoms with Crippen molar-refractivity contribution in [2.75, 3.05) is 6.54 Å². The molecule has 0 radical (unpaired) electrons. The normalized spacial score (nSPS) is 9.53. The van der Waals surface area contributed by atoms with Gasteiger partial charge in [-0.1, -0.05) is 17.9 Å². The summed E-state index contributed by atoms with van der Waals surface area (Å²) in [5.41, 5.74) is 6.26. The summed E-state index contributed by atoms with van der Waals surface area (Å²) in [6.07, 6.45) is 1.58. The molecule has 3 N–H and O–H groups in total. The number of amides is 1. The van der Waals surface area contributed by atoms with Crippen LogP contribution in [0.1, 0.15) is 20.9 Å². The van der Waals surface area contributed by atoms with Crippen LogP contribution < -0.4 is 11.1 Å². The lowest BCUT2D eigenvalue weighted by Crippen LogP contribution is -2.24. The van der Waals surface area contributed by atoms with E-state index in [0.717, 1.165) is 4.88 Å². The first-order valence-electron chi connectivity index (χ1n) is 5.76. The topological polar surface area (TPSA) is 68.0 Å². The van der Waals surface area contributed by atoms with Gasteiger partial charge in [0.15, 0.2) is 0 Å². The molecule has 0 saturated heterocycles. The second-order valence-corrected chi connectivity index (χ2v) is 4.70. The number of hydrogen-bond acceptors (Lipinski definition) is 4. The smallest absolute Gasteiger partial charge is 0.271 e. The molecule has 2 aromatic heterocycles. The third kappa shape index (κ3) is 3.65. The molecular weight excluding hydrogens is 258 g/mol. The van der Waals surface area contributed by atoms with E-state index in [-0.39, 0.29) is 12.5 Å². The molecule has 0 aromatic carbocycles. The van der Waals surface area contributed by atoms with Gasteiger partial charge in [-0.05, 0) is 23.6 Å². The monoisotopic (exact) mass is 271 g/mol. The van der Waals surface area contributed by atoms with E-state index in [4.69, 9.17) is 5.73 Å². The minimum absolute atomic E-state index is 0.227. The number of pyridine rings is 1. The third-order valence-corrected chi connectivity index (χ3v) is 3.23. The van der Waals surface area contributed by atoms with Crippen LogP contribution in [-0.2, 0) is 6.54 Å². The van der Waals surface area contributed by atoms with Gasteiger partial charge in [-0.3, -0.25) is 4.79 Å². The van der Waals surface area contributed by atoms with Gasteiger partial charge in [0.1, 0.15) is 5.69 Å². The van der Waals surface area contributed by atoms with Crippen LogP contribution in [0.5, 0.6) is 0 Å². The number of nitrogens with two attached hydrogens (primary N) is 1. The van der Waals surface area contributed by atoms with E-state index in [1.54, 1.807) is 29.7 Å². The number of nitrogens with one attached hydrogen (secondary N) is 1. The summed E-state index contributed by atoms with van der Waals surface area (Å²) in [7, 11) is 0. The van der Waals surface area contributed by atoms with Crippen molar-refractivity contribution in [3.63, 3.8) is 0 Å². The van der Waals surface area contributed by atoms with Gasteiger partial charge in [0.05, 0.1) is 18.7 Å². The summed E-state index contributed by atoms with van der Waals surface area (Å²) in [5.74, 6) is 5.35. The minimum Gasteiger partial charge on any atom is -0.346 e. The molecule has 0 unspecified atom stereocenters. The molecule has 5 heteroatoms. The van der Waals surface area contributed by atoms with E-state index in [1.807, 2.05) is 17.5 Å².